The average molecular weight is 1270 g/mol. The zero-order chi connectivity index (χ0) is 66.6. The lowest BCUT2D eigenvalue weighted by Gasteiger charge is -2.11. The van der Waals surface area contributed by atoms with Gasteiger partial charge in [0, 0.05) is 12.2 Å². The lowest BCUT2D eigenvalue weighted by atomic mass is 10.2. The molecule has 24 heteroatoms. The Balaban J connectivity index is 0.000000334. The number of rotatable bonds is 30. The van der Waals surface area contributed by atoms with Crippen molar-refractivity contribution in [1.82, 2.24) is 0 Å². The van der Waals surface area contributed by atoms with Crippen LogP contribution in [-0.4, -0.2) is 100 Å². The van der Waals surface area contributed by atoms with Crippen molar-refractivity contribution in [2.75, 3.05) is 39.6 Å². The van der Waals surface area contributed by atoms with Crippen molar-refractivity contribution in [3.8, 4) is 46.0 Å². The van der Waals surface area contributed by atoms with Gasteiger partial charge in [0.05, 0.1) is 61.9 Å². The Bertz CT molecular complexity index is 3480. The van der Waals surface area contributed by atoms with Gasteiger partial charge < -0.3 is 66.3 Å². The van der Waals surface area contributed by atoms with E-state index in [-0.39, 0.29) is 108 Å². The number of aryl methyl sites for hydroxylation is 2. The Hall–Kier alpha value is -11.3. The molecule has 0 atom stereocenters. The van der Waals surface area contributed by atoms with Crippen LogP contribution in [0.4, 0.5) is 19.2 Å². The Labute approximate surface area is 529 Å². The third kappa shape index (κ3) is 26.2. The summed E-state index contributed by atoms with van der Waals surface area (Å²) >= 11 is 0. The van der Waals surface area contributed by atoms with E-state index >= 15 is 0 Å². The van der Waals surface area contributed by atoms with E-state index in [4.69, 9.17) is 66.3 Å². The highest BCUT2D eigenvalue weighted by atomic mass is 16.7. The molecular formula is C68H68O24. The number of hydrogen-bond acceptors (Lipinski definition) is 24. The minimum atomic E-state index is -0.916. The van der Waals surface area contributed by atoms with Crippen LogP contribution < -0.4 is 37.9 Å². The van der Waals surface area contributed by atoms with Gasteiger partial charge >= 0.3 is 60.4 Å². The molecule has 0 aliphatic carbocycles. The maximum absolute atomic E-state index is 12.7. The van der Waals surface area contributed by atoms with Crippen molar-refractivity contribution < 1.29 is 114 Å². The van der Waals surface area contributed by atoms with E-state index in [2.05, 4.69) is 13.2 Å². The highest BCUT2D eigenvalue weighted by Crippen LogP contribution is 2.28. The second-order valence-corrected chi connectivity index (χ2v) is 19.2. The van der Waals surface area contributed by atoms with Crippen LogP contribution >= 0.6 is 0 Å². The Morgan fingerprint density at radius 1 is 0.304 bits per heavy atom. The first-order chi connectivity index (χ1) is 44.4. The number of benzene rings is 6. The number of ether oxygens (including phenoxy) is 14. The number of hydrogen-bond donors (Lipinski definition) is 0. The quantitative estimate of drug-likeness (QED) is 0.0101. The summed E-state index contributed by atoms with van der Waals surface area (Å²) in [6.45, 7) is 15.0. The van der Waals surface area contributed by atoms with E-state index in [1.165, 1.54) is 121 Å². The van der Waals surface area contributed by atoms with Crippen molar-refractivity contribution >= 4 is 60.4 Å². The smallest absolute Gasteiger partial charge is 0.463 e. The first-order valence-corrected chi connectivity index (χ1v) is 28.8. The first-order valence-electron chi connectivity index (χ1n) is 28.8. The normalized spacial score (nSPS) is 10.2. The van der Waals surface area contributed by atoms with E-state index < -0.39 is 60.4 Å². The standard InChI is InChI=1S/2C34H34O12/c1-4-6-19-41-33(38)44-27-15-11-25(12-16-27)32(37)46-29-18-17-28(22-23(29)3)43-31(36)24-9-13-26(14-10-24)45-34(39)42-21-8-7-20-40-30(35)5-2;1-4-6-19-41-33(38)44-26-13-9-24(10-14-26)31(36)43-28-17-18-29(23(3)22-28)46-32(37)25-11-15-27(16-12-25)45-34(39)42-21-8-7-20-40-30(35)5-2/h2*5,9-18,22H,2,4,6-8,19-21H2,1,3H3. The van der Waals surface area contributed by atoms with Crippen LogP contribution in [0.5, 0.6) is 46.0 Å². The van der Waals surface area contributed by atoms with E-state index in [1.54, 1.807) is 26.0 Å². The zero-order valence-corrected chi connectivity index (χ0v) is 51.0. The topological polar surface area (TPSA) is 300 Å². The van der Waals surface area contributed by atoms with Crippen molar-refractivity contribution in [1.29, 1.82) is 0 Å². The maximum Gasteiger partial charge on any atom is 0.513 e. The van der Waals surface area contributed by atoms with E-state index in [9.17, 15) is 47.9 Å². The molecule has 0 N–H and O–H groups in total. The van der Waals surface area contributed by atoms with Gasteiger partial charge in [-0.2, -0.15) is 0 Å². The van der Waals surface area contributed by atoms with Crippen LogP contribution in [0.1, 0.15) is 118 Å². The van der Waals surface area contributed by atoms with Gasteiger partial charge in [-0.1, -0.05) is 39.8 Å². The summed E-state index contributed by atoms with van der Waals surface area (Å²) in [5.41, 5.74) is 1.92. The Morgan fingerprint density at radius 2 is 0.543 bits per heavy atom. The van der Waals surface area contributed by atoms with E-state index in [1.807, 2.05) is 13.8 Å². The van der Waals surface area contributed by atoms with Crippen LogP contribution in [0, 0.1) is 13.8 Å². The molecular weight excluding hydrogens is 1200 g/mol. The summed E-state index contributed by atoms with van der Waals surface area (Å²) in [4.78, 5) is 120. The van der Waals surface area contributed by atoms with E-state index in [0.29, 0.717) is 36.8 Å². The predicted molar refractivity (Wildman–Crippen MR) is 326 cm³/mol. The summed E-state index contributed by atoms with van der Waals surface area (Å²) in [5.74, 6) is -1.90. The van der Waals surface area contributed by atoms with Crippen molar-refractivity contribution in [2.24, 2.45) is 0 Å². The van der Waals surface area contributed by atoms with Gasteiger partial charge in [0.1, 0.15) is 46.0 Å². The van der Waals surface area contributed by atoms with Gasteiger partial charge in [0.2, 0.25) is 0 Å². The molecule has 0 unspecified atom stereocenters. The van der Waals surface area contributed by atoms with Crippen molar-refractivity contribution in [3.05, 3.63) is 192 Å². The second-order valence-electron chi connectivity index (χ2n) is 19.2. The van der Waals surface area contributed by atoms with Gasteiger partial charge in [-0.3, -0.25) is 0 Å². The van der Waals surface area contributed by atoms with Gasteiger partial charge in [0.15, 0.2) is 0 Å². The molecule has 6 aromatic carbocycles. The summed E-state index contributed by atoms with van der Waals surface area (Å²) in [6.07, 6.45) is 3.84. The van der Waals surface area contributed by atoms with Crippen LogP contribution in [0.15, 0.2) is 159 Å². The molecule has 0 radical (unpaired) electrons. The summed E-state index contributed by atoms with van der Waals surface area (Å²) in [7, 11) is 0. The highest BCUT2D eigenvalue weighted by Gasteiger charge is 2.18. The molecule has 0 fully saturated rings. The molecule has 0 bridgehead atoms. The summed E-state index contributed by atoms with van der Waals surface area (Å²) < 4.78 is 71.6. The number of carbonyl (C=O) groups is 10. The lowest BCUT2D eigenvalue weighted by Crippen LogP contribution is -2.13. The molecule has 0 aliphatic rings. The monoisotopic (exact) mass is 1270 g/mol. The van der Waals surface area contributed by atoms with Crippen LogP contribution in [-0.2, 0) is 38.0 Å². The number of carbonyl (C=O) groups excluding carboxylic acids is 10. The molecule has 0 spiro atoms. The van der Waals surface area contributed by atoms with E-state index in [0.717, 1.165) is 37.8 Å². The lowest BCUT2D eigenvalue weighted by molar-refractivity contribution is -0.138. The minimum Gasteiger partial charge on any atom is -0.463 e. The minimum absolute atomic E-state index is 0.0768. The van der Waals surface area contributed by atoms with Crippen LogP contribution in [0.2, 0.25) is 0 Å². The number of unbranched alkanes of at least 4 members (excludes halogenated alkanes) is 4. The van der Waals surface area contributed by atoms with Gasteiger partial charge in [-0.15, -0.1) is 0 Å². The fourth-order valence-corrected chi connectivity index (χ4v) is 7.17. The third-order valence-corrected chi connectivity index (χ3v) is 12.1. The Kier molecular flexibility index (Phi) is 30.2. The molecule has 484 valence electrons. The average Bonchev–Trinajstić information content (AvgIpc) is 1.04. The maximum atomic E-state index is 12.7. The third-order valence-electron chi connectivity index (χ3n) is 12.1. The highest BCUT2D eigenvalue weighted by molar-refractivity contribution is 5.94. The SMILES string of the molecule is C=CC(=O)OCCCCOC(=O)Oc1ccc(C(=O)Oc2ccc(OC(=O)c3ccc(OC(=O)OCCCC)cc3)c(C)c2)cc1.C=CC(=O)OCCCCOC(=O)Oc1ccc(C(=O)Oc2ccc(OC(=O)c3ccc(OC(=O)OCCCC)cc3)cc2C)cc1. The summed E-state index contributed by atoms with van der Waals surface area (Å²) in [6, 6.07) is 32.0. The summed E-state index contributed by atoms with van der Waals surface area (Å²) in [5, 5.41) is 0. The second kappa shape index (κ2) is 38.9. The first kappa shape index (κ1) is 71.5. The number of esters is 6. The molecule has 0 saturated carbocycles. The molecule has 0 saturated heterocycles. The molecule has 6 aromatic rings. The molecule has 0 aliphatic heterocycles. The molecule has 0 amide bonds. The van der Waals surface area contributed by atoms with Gasteiger partial charge in [0.25, 0.3) is 0 Å². The fraction of sp³-hybridized carbons (Fsp3) is 0.265. The van der Waals surface area contributed by atoms with Crippen molar-refractivity contribution in [2.45, 2.75) is 79.1 Å². The van der Waals surface area contributed by atoms with Crippen LogP contribution in [0.25, 0.3) is 0 Å². The molecule has 0 aromatic heterocycles. The van der Waals surface area contributed by atoms with Gasteiger partial charge in [-0.05, 0) is 197 Å². The fourth-order valence-electron chi connectivity index (χ4n) is 7.17. The largest absolute Gasteiger partial charge is 0.513 e. The molecule has 0 heterocycles. The predicted octanol–water partition coefficient (Wildman–Crippen LogP) is 13.5. The van der Waals surface area contributed by atoms with Crippen LogP contribution in [0.3, 0.4) is 0 Å². The molecule has 24 nitrogen and oxygen atoms in total. The Morgan fingerprint density at radius 3 is 0.793 bits per heavy atom. The van der Waals surface area contributed by atoms with Gasteiger partial charge in [-0.25, -0.2) is 47.9 Å². The zero-order valence-electron chi connectivity index (χ0n) is 51.0. The van der Waals surface area contributed by atoms with Crippen molar-refractivity contribution in [3.63, 3.8) is 0 Å². The molecule has 92 heavy (non-hydrogen) atoms. The molecule has 6 rings (SSSR count).